The van der Waals surface area contributed by atoms with Crippen LogP contribution in [0.25, 0.3) is 0 Å². The minimum absolute atomic E-state index is 0.0311. The predicted molar refractivity (Wildman–Crippen MR) is 76.2 cm³/mol. The Labute approximate surface area is 120 Å². The van der Waals surface area contributed by atoms with E-state index in [1.165, 1.54) is 0 Å². The normalized spacial score (nSPS) is 29.4. The third kappa shape index (κ3) is 2.68. The van der Waals surface area contributed by atoms with E-state index in [0.717, 1.165) is 38.5 Å². The molecule has 1 aliphatic heterocycles. The van der Waals surface area contributed by atoms with Gasteiger partial charge in [0.25, 0.3) is 0 Å². The maximum atomic E-state index is 12.6. The SMILES string of the molecule is CCCC1(C(=O)O)CCCN(C(=O)C2(N)CCCC2)C1. The van der Waals surface area contributed by atoms with Crippen molar-refractivity contribution in [2.75, 3.05) is 13.1 Å². The van der Waals surface area contributed by atoms with Gasteiger partial charge in [-0.15, -0.1) is 0 Å². The van der Waals surface area contributed by atoms with E-state index in [2.05, 4.69) is 0 Å². The first-order valence-electron chi connectivity index (χ1n) is 7.75. The lowest BCUT2D eigenvalue weighted by molar-refractivity contribution is -0.156. The first kappa shape index (κ1) is 15.3. The lowest BCUT2D eigenvalue weighted by Crippen LogP contribution is -2.58. The van der Waals surface area contributed by atoms with Crippen LogP contribution in [0.5, 0.6) is 0 Å². The molecule has 2 fully saturated rings. The van der Waals surface area contributed by atoms with Gasteiger partial charge < -0.3 is 15.7 Å². The van der Waals surface area contributed by atoms with Crippen molar-refractivity contribution < 1.29 is 14.7 Å². The zero-order valence-corrected chi connectivity index (χ0v) is 12.4. The number of piperidine rings is 1. The summed E-state index contributed by atoms with van der Waals surface area (Å²) in [6.45, 7) is 2.97. The summed E-state index contributed by atoms with van der Waals surface area (Å²) in [5.41, 5.74) is 4.72. The monoisotopic (exact) mass is 282 g/mol. The molecule has 114 valence electrons. The van der Waals surface area contributed by atoms with Crippen molar-refractivity contribution in [2.24, 2.45) is 11.1 Å². The highest BCUT2D eigenvalue weighted by Gasteiger charge is 2.47. The van der Waals surface area contributed by atoms with Crippen LogP contribution < -0.4 is 5.73 Å². The molecule has 1 saturated heterocycles. The molecule has 0 aromatic carbocycles. The lowest BCUT2D eigenvalue weighted by Gasteiger charge is -2.42. The molecule has 0 radical (unpaired) electrons. The first-order valence-corrected chi connectivity index (χ1v) is 7.75. The van der Waals surface area contributed by atoms with Gasteiger partial charge in [0.05, 0.1) is 11.0 Å². The summed E-state index contributed by atoms with van der Waals surface area (Å²) in [6.07, 6.45) is 6.33. The molecule has 0 aromatic heterocycles. The number of rotatable bonds is 4. The molecule has 1 atom stereocenters. The third-order valence-corrected chi connectivity index (χ3v) is 4.97. The van der Waals surface area contributed by atoms with E-state index >= 15 is 0 Å². The standard InChI is InChI=1S/C15H26N2O3/c1-2-6-14(13(19)20)7-5-10-17(11-14)12(18)15(16)8-3-4-9-15/h2-11,16H2,1H3,(H,19,20). The van der Waals surface area contributed by atoms with Crippen molar-refractivity contribution in [1.82, 2.24) is 4.90 Å². The fourth-order valence-electron chi connectivity index (χ4n) is 3.80. The number of nitrogens with two attached hydrogens (primary N) is 1. The molecule has 0 aromatic rings. The zero-order chi connectivity index (χ0) is 14.8. The Morgan fingerprint density at radius 3 is 2.40 bits per heavy atom. The van der Waals surface area contributed by atoms with Gasteiger partial charge in [-0.05, 0) is 32.1 Å². The highest BCUT2D eigenvalue weighted by atomic mass is 16.4. The Hall–Kier alpha value is -1.10. The molecule has 1 unspecified atom stereocenters. The first-order chi connectivity index (χ1) is 9.43. The number of carbonyl (C=O) groups excluding carboxylic acids is 1. The quantitative estimate of drug-likeness (QED) is 0.823. The van der Waals surface area contributed by atoms with Gasteiger partial charge in [0.1, 0.15) is 0 Å². The number of nitrogens with zero attached hydrogens (tertiary/aromatic N) is 1. The van der Waals surface area contributed by atoms with Gasteiger partial charge in [-0.25, -0.2) is 0 Å². The summed E-state index contributed by atoms with van der Waals surface area (Å²) in [7, 11) is 0. The molecular weight excluding hydrogens is 256 g/mol. The maximum Gasteiger partial charge on any atom is 0.311 e. The Morgan fingerprint density at radius 1 is 1.20 bits per heavy atom. The van der Waals surface area contributed by atoms with Gasteiger partial charge in [0, 0.05) is 13.1 Å². The van der Waals surface area contributed by atoms with Crippen molar-refractivity contribution in [3.63, 3.8) is 0 Å². The van der Waals surface area contributed by atoms with Crippen LogP contribution in [-0.2, 0) is 9.59 Å². The molecule has 5 nitrogen and oxygen atoms in total. The number of carbonyl (C=O) groups is 2. The van der Waals surface area contributed by atoms with Crippen LogP contribution in [-0.4, -0.2) is 40.5 Å². The van der Waals surface area contributed by atoms with Gasteiger partial charge in [0.2, 0.25) is 5.91 Å². The average molecular weight is 282 g/mol. The summed E-state index contributed by atoms with van der Waals surface area (Å²) < 4.78 is 0. The molecule has 1 aliphatic carbocycles. The second kappa shape index (κ2) is 5.72. The number of carboxylic acids is 1. The fraction of sp³-hybridized carbons (Fsp3) is 0.867. The van der Waals surface area contributed by atoms with Crippen LogP contribution in [0.3, 0.4) is 0 Å². The topological polar surface area (TPSA) is 83.6 Å². The van der Waals surface area contributed by atoms with Gasteiger partial charge in [0.15, 0.2) is 0 Å². The van der Waals surface area contributed by atoms with Crippen molar-refractivity contribution in [2.45, 2.75) is 63.8 Å². The highest BCUT2D eigenvalue weighted by molar-refractivity contribution is 5.87. The van der Waals surface area contributed by atoms with E-state index in [-0.39, 0.29) is 5.91 Å². The van der Waals surface area contributed by atoms with Gasteiger partial charge in [-0.2, -0.15) is 0 Å². The van der Waals surface area contributed by atoms with Crippen LogP contribution >= 0.6 is 0 Å². The molecule has 1 saturated carbocycles. The fourth-order valence-corrected chi connectivity index (χ4v) is 3.80. The van der Waals surface area contributed by atoms with Crippen LogP contribution in [0.4, 0.5) is 0 Å². The van der Waals surface area contributed by atoms with Gasteiger partial charge >= 0.3 is 5.97 Å². The largest absolute Gasteiger partial charge is 0.481 e. The molecule has 2 rings (SSSR count). The van der Waals surface area contributed by atoms with Gasteiger partial charge in [-0.3, -0.25) is 9.59 Å². The molecule has 1 heterocycles. The van der Waals surface area contributed by atoms with Crippen LogP contribution in [0.1, 0.15) is 58.3 Å². The van der Waals surface area contributed by atoms with E-state index in [9.17, 15) is 14.7 Å². The zero-order valence-electron chi connectivity index (χ0n) is 12.4. The molecule has 0 bridgehead atoms. The smallest absolute Gasteiger partial charge is 0.311 e. The highest BCUT2D eigenvalue weighted by Crippen LogP contribution is 2.37. The number of amides is 1. The number of hydrogen-bond donors (Lipinski definition) is 2. The molecule has 20 heavy (non-hydrogen) atoms. The Morgan fingerprint density at radius 2 is 1.85 bits per heavy atom. The lowest BCUT2D eigenvalue weighted by atomic mass is 9.76. The summed E-state index contributed by atoms with van der Waals surface area (Å²) in [6, 6.07) is 0. The van der Waals surface area contributed by atoms with E-state index in [1.54, 1.807) is 4.90 Å². The van der Waals surface area contributed by atoms with Crippen molar-refractivity contribution in [3.05, 3.63) is 0 Å². The predicted octanol–water partition coefficient (Wildman–Crippen LogP) is 1.75. The van der Waals surface area contributed by atoms with Crippen molar-refractivity contribution in [1.29, 1.82) is 0 Å². The number of carboxylic acid groups (broad SMARTS) is 1. The summed E-state index contributed by atoms with van der Waals surface area (Å²) in [5, 5.41) is 9.58. The Kier molecular flexibility index (Phi) is 4.37. The molecule has 2 aliphatic rings. The Balaban J connectivity index is 2.13. The minimum Gasteiger partial charge on any atom is -0.481 e. The molecule has 1 amide bonds. The van der Waals surface area contributed by atoms with E-state index in [1.807, 2.05) is 6.92 Å². The maximum absolute atomic E-state index is 12.6. The Bertz CT molecular complexity index is 387. The molecule has 3 N–H and O–H groups in total. The average Bonchev–Trinajstić information content (AvgIpc) is 2.86. The third-order valence-electron chi connectivity index (χ3n) is 4.97. The number of aliphatic carboxylic acids is 1. The summed E-state index contributed by atoms with van der Waals surface area (Å²) in [4.78, 5) is 26.0. The summed E-state index contributed by atoms with van der Waals surface area (Å²) in [5.74, 6) is -0.800. The van der Waals surface area contributed by atoms with Crippen molar-refractivity contribution in [3.8, 4) is 0 Å². The minimum atomic E-state index is -0.769. The molecular formula is C15H26N2O3. The van der Waals surface area contributed by atoms with Crippen LogP contribution in [0.2, 0.25) is 0 Å². The van der Waals surface area contributed by atoms with E-state index in [4.69, 9.17) is 5.73 Å². The van der Waals surface area contributed by atoms with E-state index < -0.39 is 16.9 Å². The molecule has 5 heteroatoms. The number of hydrogen-bond acceptors (Lipinski definition) is 3. The summed E-state index contributed by atoms with van der Waals surface area (Å²) >= 11 is 0. The van der Waals surface area contributed by atoms with Crippen molar-refractivity contribution >= 4 is 11.9 Å². The second-order valence-electron chi connectivity index (χ2n) is 6.53. The van der Waals surface area contributed by atoms with Crippen LogP contribution in [0, 0.1) is 5.41 Å². The second-order valence-corrected chi connectivity index (χ2v) is 6.53. The molecule has 0 spiro atoms. The van der Waals surface area contributed by atoms with E-state index in [0.29, 0.717) is 25.9 Å². The number of likely N-dealkylation sites (tertiary alicyclic amines) is 1. The van der Waals surface area contributed by atoms with Crippen LogP contribution in [0.15, 0.2) is 0 Å². The van der Waals surface area contributed by atoms with Gasteiger partial charge in [-0.1, -0.05) is 26.2 Å².